The van der Waals surface area contributed by atoms with Crippen LogP contribution in [0.2, 0.25) is 5.02 Å². The third-order valence-electron chi connectivity index (χ3n) is 3.48. The van der Waals surface area contributed by atoms with Crippen molar-refractivity contribution in [3.63, 3.8) is 0 Å². The molecule has 0 unspecified atom stereocenters. The van der Waals surface area contributed by atoms with Crippen LogP contribution in [0.3, 0.4) is 0 Å². The minimum atomic E-state index is -3.58. The minimum absolute atomic E-state index is 0.0886. The fourth-order valence-corrected chi connectivity index (χ4v) is 4.86. The second-order valence-electron chi connectivity index (χ2n) is 4.90. The third kappa shape index (κ3) is 4.18. The molecule has 1 aromatic rings. The van der Waals surface area contributed by atoms with Crippen LogP contribution in [0.5, 0.6) is 0 Å². The van der Waals surface area contributed by atoms with E-state index in [9.17, 15) is 8.42 Å². The number of rotatable bonds is 4. The van der Waals surface area contributed by atoms with Gasteiger partial charge in [-0.05, 0) is 31.2 Å². The Labute approximate surface area is 138 Å². The van der Waals surface area contributed by atoms with Gasteiger partial charge in [-0.25, -0.2) is 8.42 Å². The van der Waals surface area contributed by atoms with Gasteiger partial charge in [0.15, 0.2) is 0 Å². The predicted octanol–water partition coefficient (Wildman–Crippen LogP) is 1.79. The zero-order valence-electron chi connectivity index (χ0n) is 11.5. The van der Waals surface area contributed by atoms with E-state index in [2.05, 4.69) is 20.8 Å². The van der Waals surface area contributed by atoms with E-state index in [4.69, 9.17) is 16.7 Å². The van der Waals surface area contributed by atoms with Gasteiger partial charge >= 0.3 is 0 Å². The normalized spacial score (nSPS) is 18.6. The Morgan fingerprint density at radius 2 is 2.00 bits per heavy atom. The maximum atomic E-state index is 12.7. The molecule has 0 atom stereocenters. The highest BCUT2D eigenvalue weighted by atomic mass is 79.9. The van der Waals surface area contributed by atoms with Gasteiger partial charge in [-0.15, -0.1) is 0 Å². The molecule has 1 N–H and O–H groups in total. The van der Waals surface area contributed by atoms with Crippen molar-refractivity contribution in [2.75, 3.05) is 39.3 Å². The Bertz CT molecular complexity index is 597. The number of aliphatic hydroxyl groups excluding tert-OH is 1. The van der Waals surface area contributed by atoms with Crippen LogP contribution in [0.15, 0.2) is 27.6 Å². The topological polar surface area (TPSA) is 60.9 Å². The summed E-state index contributed by atoms with van der Waals surface area (Å²) < 4.78 is 27.6. The Morgan fingerprint density at radius 3 is 2.67 bits per heavy atom. The van der Waals surface area contributed by atoms with E-state index in [1.54, 1.807) is 12.1 Å². The van der Waals surface area contributed by atoms with E-state index in [0.29, 0.717) is 26.2 Å². The first kappa shape index (κ1) is 17.2. The SMILES string of the molecule is O=S(=O)(c1ccc(Br)cc1Cl)N1CCCN(CCO)CC1. The molecule has 5 nitrogen and oxygen atoms in total. The van der Waals surface area contributed by atoms with Crippen molar-refractivity contribution in [1.29, 1.82) is 0 Å². The van der Waals surface area contributed by atoms with Gasteiger partial charge in [0.05, 0.1) is 11.6 Å². The van der Waals surface area contributed by atoms with Gasteiger partial charge in [-0.1, -0.05) is 27.5 Å². The first-order valence-electron chi connectivity index (χ1n) is 6.73. The van der Waals surface area contributed by atoms with Crippen LogP contribution in [0.1, 0.15) is 6.42 Å². The molecule has 0 radical (unpaired) electrons. The zero-order valence-corrected chi connectivity index (χ0v) is 14.7. The summed E-state index contributed by atoms with van der Waals surface area (Å²) in [6.07, 6.45) is 0.743. The van der Waals surface area contributed by atoms with E-state index in [-0.39, 0.29) is 16.5 Å². The molecule has 0 saturated carbocycles. The number of hydrogen-bond acceptors (Lipinski definition) is 4. The van der Waals surface area contributed by atoms with Crippen LogP contribution >= 0.6 is 27.5 Å². The lowest BCUT2D eigenvalue weighted by molar-refractivity contribution is 0.202. The van der Waals surface area contributed by atoms with Crippen molar-refractivity contribution in [2.24, 2.45) is 0 Å². The predicted molar refractivity (Wildman–Crippen MR) is 86.1 cm³/mol. The second-order valence-corrected chi connectivity index (χ2v) is 8.13. The summed E-state index contributed by atoms with van der Waals surface area (Å²) in [6, 6.07) is 4.79. The Balaban J connectivity index is 2.19. The molecule has 1 saturated heterocycles. The molecule has 8 heteroatoms. The van der Waals surface area contributed by atoms with Crippen LogP contribution < -0.4 is 0 Å². The van der Waals surface area contributed by atoms with E-state index in [0.717, 1.165) is 17.4 Å². The molecular weight excluding hydrogens is 380 g/mol. The summed E-state index contributed by atoms with van der Waals surface area (Å²) in [4.78, 5) is 2.21. The Hall–Kier alpha value is -0.180. The summed E-state index contributed by atoms with van der Waals surface area (Å²) >= 11 is 9.35. The van der Waals surface area contributed by atoms with E-state index in [1.165, 1.54) is 10.4 Å². The average Bonchev–Trinajstić information content (AvgIpc) is 2.65. The molecule has 2 rings (SSSR count). The summed E-state index contributed by atoms with van der Waals surface area (Å²) in [5.41, 5.74) is 0. The monoisotopic (exact) mass is 396 g/mol. The zero-order chi connectivity index (χ0) is 15.5. The maximum Gasteiger partial charge on any atom is 0.244 e. The number of nitrogens with zero attached hydrogens (tertiary/aromatic N) is 2. The lowest BCUT2D eigenvalue weighted by atomic mass is 10.4. The van der Waals surface area contributed by atoms with Gasteiger partial charge in [0.2, 0.25) is 10.0 Å². The molecule has 0 aliphatic carbocycles. The van der Waals surface area contributed by atoms with Crippen LogP contribution in [0.25, 0.3) is 0 Å². The molecular formula is C13H18BrClN2O3S. The molecule has 118 valence electrons. The maximum absolute atomic E-state index is 12.7. The largest absolute Gasteiger partial charge is 0.395 e. The minimum Gasteiger partial charge on any atom is -0.395 e. The number of β-amino-alcohol motifs (C(OH)–C–C–N with tert-alkyl or cyclic N) is 1. The van der Waals surface area contributed by atoms with Crippen molar-refractivity contribution in [3.8, 4) is 0 Å². The molecule has 1 aliphatic rings. The number of benzene rings is 1. The van der Waals surface area contributed by atoms with Gasteiger partial charge < -0.3 is 5.11 Å². The Kier molecular flexibility index (Phi) is 6.05. The van der Waals surface area contributed by atoms with Crippen LogP contribution in [-0.2, 0) is 10.0 Å². The molecule has 1 heterocycles. The molecule has 1 fully saturated rings. The fraction of sp³-hybridized carbons (Fsp3) is 0.538. The molecule has 0 spiro atoms. The lowest BCUT2D eigenvalue weighted by Gasteiger charge is -2.21. The van der Waals surface area contributed by atoms with Gasteiger partial charge in [0.1, 0.15) is 4.90 Å². The summed E-state index contributed by atoms with van der Waals surface area (Å²) in [5, 5.41) is 9.20. The van der Waals surface area contributed by atoms with Gasteiger partial charge in [-0.3, -0.25) is 4.90 Å². The van der Waals surface area contributed by atoms with E-state index >= 15 is 0 Å². The number of hydrogen-bond donors (Lipinski definition) is 1. The van der Waals surface area contributed by atoms with Crippen LogP contribution in [0, 0.1) is 0 Å². The summed E-state index contributed by atoms with van der Waals surface area (Å²) in [7, 11) is -3.58. The standard InChI is InChI=1S/C13H18BrClN2O3S/c14-11-2-3-13(12(15)10-11)21(19,20)17-5-1-4-16(6-7-17)8-9-18/h2-3,10,18H,1,4-9H2. The van der Waals surface area contributed by atoms with Gasteiger partial charge in [-0.2, -0.15) is 4.31 Å². The number of sulfonamides is 1. The first-order chi connectivity index (χ1) is 9.95. The molecule has 0 bridgehead atoms. The van der Waals surface area contributed by atoms with Crippen molar-refractivity contribution < 1.29 is 13.5 Å². The third-order valence-corrected chi connectivity index (χ3v) is 6.35. The van der Waals surface area contributed by atoms with Crippen molar-refractivity contribution in [3.05, 3.63) is 27.7 Å². The smallest absolute Gasteiger partial charge is 0.244 e. The second kappa shape index (κ2) is 7.39. The van der Waals surface area contributed by atoms with Crippen molar-refractivity contribution in [1.82, 2.24) is 9.21 Å². The van der Waals surface area contributed by atoms with Crippen molar-refractivity contribution >= 4 is 37.6 Å². The first-order valence-corrected chi connectivity index (χ1v) is 9.34. The van der Waals surface area contributed by atoms with E-state index in [1.807, 2.05) is 0 Å². The molecule has 21 heavy (non-hydrogen) atoms. The fourth-order valence-electron chi connectivity index (χ4n) is 2.38. The van der Waals surface area contributed by atoms with Crippen LogP contribution in [0.4, 0.5) is 0 Å². The molecule has 1 aromatic carbocycles. The number of aliphatic hydroxyl groups is 1. The number of halogens is 2. The van der Waals surface area contributed by atoms with Gasteiger partial charge in [0, 0.05) is 30.7 Å². The van der Waals surface area contributed by atoms with Crippen molar-refractivity contribution in [2.45, 2.75) is 11.3 Å². The highest BCUT2D eigenvalue weighted by Gasteiger charge is 2.28. The van der Waals surface area contributed by atoms with Gasteiger partial charge in [0.25, 0.3) is 0 Å². The molecule has 0 aromatic heterocycles. The molecule has 0 amide bonds. The van der Waals surface area contributed by atoms with Crippen LogP contribution in [-0.4, -0.2) is 62.1 Å². The summed E-state index contributed by atoms with van der Waals surface area (Å²) in [6.45, 7) is 2.96. The van der Waals surface area contributed by atoms with E-state index < -0.39 is 10.0 Å². The summed E-state index contributed by atoms with van der Waals surface area (Å²) in [5.74, 6) is 0. The quantitative estimate of drug-likeness (QED) is 0.841. The Morgan fingerprint density at radius 1 is 1.24 bits per heavy atom. The average molecular weight is 398 g/mol. The highest BCUT2D eigenvalue weighted by molar-refractivity contribution is 9.10. The molecule has 1 aliphatic heterocycles. The lowest BCUT2D eigenvalue weighted by Crippen LogP contribution is -2.36. The highest BCUT2D eigenvalue weighted by Crippen LogP contribution is 2.28.